The number of methoxy groups -OCH3 is 1. The summed E-state index contributed by atoms with van der Waals surface area (Å²) in [7, 11) is 1.64. The Hall–Kier alpha value is -3.62. The summed E-state index contributed by atoms with van der Waals surface area (Å²) < 4.78 is 6.73. The Morgan fingerprint density at radius 1 is 0.977 bits per heavy atom. The molecule has 2 aromatic carbocycles. The average Bonchev–Trinajstić information content (AvgIpc) is 3.34. The standard InChI is InChI=1S/C34H38ClN3O4S/c1-34(2,3)21-38(33(40)41)26-12-10-25(11-13-26)37(32(39)31-30(35)27-7-5-6-8-29(27)43-31)20-24-19-23(9-14-28(24)42-4)22-15-17-36-18-16-22/h5-9,14-19,25-26H,10-13,20-21H2,1-4H3,(H,40,41). The zero-order valence-corrected chi connectivity index (χ0v) is 26.6. The third-order valence-corrected chi connectivity index (χ3v) is 9.73. The van der Waals surface area contributed by atoms with Crippen LogP contribution in [-0.2, 0) is 6.54 Å². The largest absolute Gasteiger partial charge is 0.496 e. The maximum Gasteiger partial charge on any atom is 0.407 e. The minimum Gasteiger partial charge on any atom is -0.496 e. The summed E-state index contributed by atoms with van der Waals surface area (Å²) in [5.74, 6) is 0.588. The monoisotopic (exact) mass is 619 g/mol. The van der Waals surface area contributed by atoms with E-state index < -0.39 is 6.09 Å². The van der Waals surface area contributed by atoms with Crippen LogP contribution in [0.2, 0.25) is 5.02 Å². The smallest absolute Gasteiger partial charge is 0.407 e. The van der Waals surface area contributed by atoms with Crippen LogP contribution in [0, 0.1) is 5.41 Å². The third kappa shape index (κ3) is 6.97. The molecular formula is C34H38ClN3O4S. The molecule has 2 aromatic heterocycles. The average molecular weight is 620 g/mol. The van der Waals surface area contributed by atoms with E-state index in [1.807, 2.05) is 53.4 Å². The Balaban J connectivity index is 1.48. The molecule has 226 valence electrons. The highest BCUT2D eigenvalue weighted by Gasteiger charge is 2.36. The fourth-order valence-electron chi connectivity index (χ4n) is 6.00. The normalized spacial score (nSPS) is 17.0. The molecule has 0 aliphatic heterocycles. The van der Waals surface area contributed by atoms with Gasteiger partial charge in [0.25, 0.3) is 5.91 Å². The molecule has 7 nitrogen and oxygen atoms in total. The summed E-state index contributed by atoms with van der Waals surface area (Å²) in [5.41, 5.74) is 2.78. The molecule has 0 unspecified atom stereocenters. The van der Waals surface area contributed by atoms with Gasteiger partial charge in [0.05, 0.1) is 12.1 Å². The fraction of sp³-hybridized carbons (Fsp3) is 0.382. The molecule has 1 N–H and O–H groups in total. The van der Waals surface area contributed by atoms with Crippen LogP contribution in [0.4, 0.5) is 4.79 Å². The van der Waals surface area contributed by atoms with Crippen molar-refractivity contribution < 1.29 is 19.4 Å². The number of hydrogen-bond donors (Lipinski definition) is 1. The molecule has 4 aromatic rings. The maximum absolute atomic E-state index is 14.4. The number of pyridine rings is 1. The third-order valence-electron chi connectivity index (χ3n) is 8.06. The topological polar surface area (TPSA) is 83.0 Å². The molecule has 0 spiro atoms. The summed E-state index contributed by atoms with van der Waals surface area (Å²) in [4.78, 5) is 34.8. The summed E-state index contributed by atoms with van der Waals surface area (Å²) in [6.45, 7) is 6.97. The van der Waals surface area contributed by atoms with Crippen molar-refractivity contribution >= 4 is 45.0 Å². The first kappa shape index (κ1) is 30.8. The number of carbonyl (C=O) groups excluding carboxylic acids is 1. The molecule has 1 fully saturated rings. The number of thiophene rings is 1. The number of rotatable bonds is 8. The zero-order valence-electron chi connectivity index (χ0n) is 25.0. The number of aromatic nitrogens is 1. The van der Waals surface area contributed by atoms with Crippen LogP contribution in [0.1, 0.15) is 61.7 Å². The molecule has 1 aliphatic carbocycles. The summed E-state index contributed by atoms with van der Waals surface area (Å²) >= 11 is 8.24. The number of fused-ring (bicyclic) bond motifs is 1. The van der Waals surface area contributed by atoms with E-state index in [-0.39, 0.29) is 23.4 Å². The van der Waals surface area contributed by atoms with E-state index in [4.69, 9.17) is 16.3 Å². The number of carbonyl (C=O) groups is 2. The van der Waals surface area contributed by atoms with Crippen molar-refractivity contribution in [2.75, 3.05) is 13.7 Å². The van der Waals surface area contributed by atoms with Crippen LogP contribution in [-0.4, -0.2) is 57.6 Å². The second-order valence-corrected chi connectivity index (χ2v) is 13.8. The minimum absolute atomic E-state index is 0.0791. The van der Waals surface area contributed by atoms with E-state index in [1.54, 1.807) is 24.4 Å². The van der Waals surface area contributed by atoms with Crippen LogP contribution in [0.15, 0.2) is 67.0 Å². The Bertz CT molecular complexity index is 1590. The van der Waals surface area contributed by atoms with Crippen molar-refractivity contribution in [2.45, 2.75) is 65.1 Å². The van der Waals surface area contributed by atoms with Gasteiger partial charge in [-0.3, -0.25) is 9.78 Å². The number of benzene rings is 2. The summed E-state index contributed by atoms with van der Waals surface area (Å²) in [6, 6.07) is 17.6. The molecule has 43 heavy (non-hydrogen) atoms. The second-order valence-electron chi connectivity index (χ2n) is 12.4. The summed E-state index contributed by atoms with van der Waals surface area (Å²) in [6.07, 6.45) is 5.39. The minimum atomic E-state index is -0.888. The van der Waals surface area contributed by atoms with E-state index in [9.17, 15) is 14.7 Å². The number of ether oxygens (including phenoxy) is 1. The highest BCUT2D eigenvalue weighted by atomic mass is 35.5. The van der Waals surface area contributed by atoms with Crippen LogP contribution in [0.25, 0.3) is 21.2 Å². The molecule has 0 atom stereocenters. The Kier molecular flexibility index (Phi) is 9.28. The first-order valence-electron chi connectivity index (χ1n) is 14.6. The van der Waals surface area contributed by atoms with Crippen molar-refractivity contribution in [3.05, 3.63) is 82.5 Å². The molecule has 0 radical (unpaired) electrons. The molecule has 0 bridgehead atoms. The summed E-state index contributed by atoms with van der Waals surface area (Å²) in [5, 5.41) is 11.4. The van der Waals surface area contributed by atoms with E-state index in [0.29, 0.717) is 54.4 Å². The Morgan fingerprint density at radius 2 is 1.63 bits per heavy atom. The van der Waals surface area contributed by atoms with E-state index >= 15 is 0 Å². The van der Waals surface area contributed by atoms with Gasteiger partial charge >= 0.3 is 6.09 Å². The van der Waals surface area contributed by atoms with Gasteiger partial charge in [0.1, 0.15) is 10.6 Å². The van der Waals surface area contributed by atoms with Gasteiger partial charge < -0.3 is 19.6 Å². The maximum atomic E-state index is 14.4. The van der Waals surface area contributed by atoms with Gasteiger partial charge in [-0.15, -0.1) is 11.3 Å². The van der Waals surface area contributed by atoms with E-state index in [1.165, 1.54) is 11.3 Å². The van der Waals surface area contributed by atoms with Crippen molar-refractivity contribution in [3.8, 4) is 16.9 Å². The van der Waals surface area contributed by atoms with Gasteiger partial charge in [0, 0.05) is 53.2 Å². The Morgan fingerprint density at radius 3 is 2.23 bits per heavy atom. The molecule has 2 heterocycles. The predicted octanol–water partition coefficient (Wildman–Crippen LogP) is 8.61. The lowest BCUT2D eigenvalue weighted by Crippen LogP contribution is -2.49. The van der Waals surface area contributed by atoms with Crippen molar-refractivity contribution in [3.63, 3.8) is 0 Å². The quantitative estimate of drug-likeness (QED) is 0.213. The molecule has 1 aliphatic rings. The highest BCUT2D eigenvalue weighted by molar-refractivity contribution is 7.21. The molecule has 5 rings (SSSR count). The number of amides is 2. The first-order valence-corrected chi connectivity index (χ1v) is 15.8. The highest BCUT2D eigenvalue weighted by Crippen LogP contribution is 2.39. The number of carboxylic acid groups (broad SMARTS) is 1. The van der Waals surface area contributed by atoms with Crippen molar-refractivity contribution in [2.24, 2.45) is 5.41 Å². The second kappa shape index (κ2) is 12.9. The zero-order chi connectivity index (χ0) is 30.7. The molecule has 9 heteroatoms. The number of nitrogens with zero attached hydrogens (tertiary/aromatic N) is 3. The molecule has 2 amide bonds. The van der Waals surface area contributed by atoms with E-state index in [0.717, 1.165) is 26.8 Å². The lowest BCUT2D eigenvalue weighted by Gasteiger charge is -2.41. The van der Waals surface area contributed by atoms with Crippen LogP contribution >= 0.6 is 22.9 Å². The van der Waals surface area contributed by atoms with Gasteiger partial charge in [0.15, 0.2) is 0 Å². The lowest BCUT2D eigenvalue weighted by molar-refractivity contribution is 0.0492. The Labute approximate surface area is 262 Å². The molecule has 1 saturated carbocycles. The van der Waals surface area contributed by atoms with E-state index in [2.05, 4.69) is 31.8 Å². The number of hydrogen-bond acceptors (Lipinski definition) is 5. The molecular weight excluding hydrogens is 582 g/mol. The van der Waals surface area contributed by atoms with Crippen LogP contribution in [0.5, 0.6) is 5.75 Å². The fourth-order valence-corrected chi connectivity index (χ4v) is 7.47. The van der Waals surface area contributed by atoms with Crippen molar-refractivity contribution in [1.82, 2.24) is 14.8 Å². The molecule has 0 saturated heterocycles. The van der Waals surface area contributed by atoms with Gasteiger partial charge in [-0.2, -0.15) is 0 Å². The predicted molar refractivity (Wildman–Crippen MR) is 173 cm³/mol. The lowest BCUT2D eigenvalue weighted by atomic mass is 9.87. The van der Waals surface area contributed by atoms with Gasteiger partial charge in [0.2, 0.25) is 0 Å². The van der Waals surface area contributed by atoms with Crippen LogP contribution in [0.3, 0.4) is 0 Å². The van der Waals surface area contributed by atoms with Gasteiger partial charge in [-0.1, -0.05) is 56.6 Å². The first-order chi connectivity index (χ1) is 20.6. The SMILES string of the molecule is COc1ccc(-c2ccncc2)cc1CN(C(=O)c1sc2ccccc2c1Cl)C1CCC(N(CC(C)(C)C)C(=O)O)CC1. The van der Waals surface area contributed by atoms with Gasteiger partial charge in [-0.25, -0.2) is 4.79 Å². The number of halogens is 1. The van der Waals surface area contributed by atoms with Crippen molar-refractivity contribution in [1.29, 1.82) is 0 Å². The van der Waals surface area contributed by atoms with Gasteiger partial charge in [-0.05, 0) is 72.6 Å². The van der Waals surface area contributed by atoms with Crippen LogP contribution < -0.4 is 4.74 Å².